The number of halogens is 2. The summed E-state index contributed by atoms with van der Waals surface area (Å²) < 4.78 is 26.6. The molecule has 1 heterocycles. The van der Waals surface area contributed by atoms with E-state index < -0.39 is 11.6 Å². The van der Waals surface area contributed by atoms with Crippen molar-refractivity contribution in [3.8, 4) is 0 Å². The van der Waals surface area contributed by atoms with Gasteiger partial charge in [0.2, 0.25) is 0 Å². The summed E-state index contributed by atoms with van der Waals surface area (Å²) in [6, 6.07) is 7.70. The lowest BCUT2D eigenvalue weighted by atomic mass is 9.91. The van der Waals surface area contributed by atoms with Crippen molar-refractivity contribution >= 4 is 11.3 Å². The van der Waals surface area contributed by atoms with E-state index in [0.717, 1.165) is 12.6 Å². The maximum absolute atomic E-state index is 13.7. The zero-order valence-electron chi connectivity index (χ0n) is 11.9. The molecule has 0 saturated heterocycles. The van der Waals surface area contributed by atoms with Crippen molar-refractivity contribution in [2.45, 2.75) is 32.2 Å². The second-order valence-corrected chi connectivity index (χ2v) is 6.58. The Balaban J connectivity index is 2.03. The quantitative estimate of drug-likeness (QED) is 0.846. The van der Waals surface area contributed by atoms with Crippen LogP contribution in [0, 0.1) is 11.6 Å². The Morgan fingerprint density at radius 2 is 2.00 bits per heavy atom. The van der Waals surface area contributed by atoms with E-state index in [2.05, 4.69) is 30.6 Å². The first-order valence-electron chi connectivity index (χ1n) is 6.62. The number of hydrogen-bond donors (Lipinski definition) is 1. The zero-order chi connectivity index (χ0) is 14.8. The van der Waals surface area contributed by atoms with E-state index in [1.165, 1.54) is 17.0 Å². The van der Waals surface area contributed by atoms with E-state index >= 15 is 0 Å². The predicted octanol–water partition coefficient (Wildman–Crippen LogP) is 4.65. The van der Waals surface area contributed by atoms with Crippen molar-refractivity contribution < 1.29 is 8.78 Å². The largest absolute Gasteiger partial charge is 0.309 e. The van der Waals surface area contributed by atoms with Gasteiger partial charge in [-0.05, 0) is 24.4 Å². The average molecular weight is 295 g/mol. The molecule has 1 unspecified atom stereocenters. The average Bonchev–Trinajstić information content (AvgIpc) is 2.90. The fraction of sp³-hybridized carbons (Fsp3) is 0.375. The fourth-order valence-electron chi connectivity index (χ4n) is 2.12. The molecule has 0 amide bonds. The van der Waals surface area contributed by atoms with Gasteiger partial charge in [-0.25, -0.2) is 8.78 Å². The third kappa shape index (κ3) is 3.44. The second-order valence-electron chi connectivity index (χ2n) is 5.63. The fourth-order valence-corrected chi connectivity index (χ4v) is 2.97. The standard InChI is InChI=1S/C16H19F2NS/c1-11(13-7-6-12(17)9-14(13)18)19-10-16(2,3)15-5-4-8-20-15/h4-9,11,19H,10H2,1-3H3. The van der Waals surface area contributed by atoms with Crippen LogP contribution in [-0.2, 0) is 5.41 Å². The number of rotatable bonds is 5. The molecule has 0 aliphatic heterocycles. The van der Waals surface area contributed by atoms with Crippen molar-refractivity contribution in [2.75, 3.05) is 6.54 Å². The maximum atomic E-state index is 13.7. The summed E-state index contributed by atoms with van der Waals surface area (Å²) in [4.78, 5) is 1.29. The van der Waals surface area contributed by atoms with Gasteiger partial charge in [0.25, 0.3) is 0 Å². The minimum Gasteiger partial charge on any atom is -0.309 e. The summed E-state index contributed by atoms with van der Waals surface area (Å²) in [6.45, 7) is 6.92. The van der Waals surface area contributed by atoms with Crippen molar-refractivity contribution in [3.63, 3.8) is 0 Å². The Hall–Kier alpha value is -1.26. The highest BCUT2D eigenvalue weighted by Crippen LogP contribution is 2.28. The van der Waals surface area contributed by atoms with Crippen molar-refractivity contribution in [1.82, 2.24) is 5.32 Å². The molecule has 1 N–H and O–H groups in total. The van der Waals surface area contributed by atoms with Gasteiger partial charge >= 0.3 is 0 Å². The topological polar surface area (TPSA) is 12.0 Å². The number of benzene rings is 1. The first-order chi connectivity index (χ1) is 9.40. The van der Waals surface area contributed by atoms with Gasteiger partial charge in [0, 0.05) is 34.5 Å². The summed E-state index contributed by atoms with van der Waals surface area (Å²) >= 11 is 1.72. The van der Waals surface area contributed by atoms with Gasteiger partial charge in [0.1, 0.15) is 11.6 Å². The van der Waals surface area contributed by atoms with Crippen LogP contribution in [0.1, 0.15) is 37.3 Å². The normalized spacial score (nSPS) is 13.4. The molecule has 2 rings (SSSR count). The van der Waals surface area contributed by atoms with E-state index in [9.17, 15) is 8.78 Å². The summed E-state index contributed by atoms with van der Waals surface area (Å²) in [6.07, 6.45) is 0. The Kier molecular flexibility index (Phi) is 4.55. The van der Waals surface area contributed by atoms with E-state index in [-0.39, 0.29) is 11.5 Å². The summed E-state index contributed by atoms with van der Waals surface area (Å²) in [5.74, 6) is -1.05. The highest BCUT2D eigenvalue weighted by molar-refractivity contribution is 7.10. The molecular formula is C16H19F2NS. The van der Waals surface area contributed by atoms with Crippen LogP contribution in [0.3, 0.4) is 0 Å². The minimum absolute atomic E-state index is 0.0149. The van der Waals surface area contributed by atoms with Gasteiger partial charge in [-0.15, -0.1) is 11.3 Å². The molecule has 20 heavy (non-hydrogen) atoms. The van der Waals surface area contributed by atoms with Crippen LogP contribution in [0.25, 0.3) is 0 Å². The SMILES string of the molecule is CC(NCC(C)(C)c1cccs1)c1ccc(F)cc1F. The first kappa shape index (κ1) is 15.1. The van der Waals surface area contributed by atoms with Crippen LogP contribution in [-0.4, -0.2) is 6.54 Å². The maximum Gasteiger partial charge on any atom is 0.130 e. The van der Waals surface area contributed by atoms with Gasteiger partial charge in [-0.3, -0.25) is 0 Å². The molecule has 0 aliphatic carbocycles. The summed E-state index contributed by atoms with van der Waals surface area (Å²) in [5, 5.41) is 5.39. The third-order valence-corrected chi connectivity index (χ3v) is 4.70. The van der Waals surface area contributed by atoms with Gasteiger partial charge in [0.05, 0.1) is 0 Å². The van der Waals surface area contributed by atoms with Crippen molar-refractivity contribution in [2.24, 2.45) is 0 Å². The minimum atomic E-state index is -0.544. The van der Waals surface area contributed by atoms with Crippen LogP contribution >= 0.6 is 11.3 Å². The van der Waals surface area contributed by atoms with Crippen molar-refractivity contribution in [1.29, 1.82) is 0 Å². The van der Waals surface area contributed by atoms with Crippen LogP contribution in [0.15, 0.2) is 35.7 Å². The molecule has 1 nitrogen and oxygen atoms in total. The molecule has 0 radical (unpaired) electrons. The van der Waals surface area contributed by atoms with Crippen LogP contribution in [0.2, 0.25) is 0 Å². The molecular weight excluding hydrogens is 276 g/mol. The summed E-state index contributed by atoms with van der Waals surface area (Å²) in [5.41, 5.74) is 0.479. The Morgan fingerprint density at radius 3 is 2.60 bits per heavy atom. The van der Waals surface area contributed by atoms with Crippen molar-refractivity contribution in [3.05, 3.63) is 57.8 Å². The molecule has 108 valence electrons. The Labute approximate surface area is 122 Å². The molecule has 1 atom stereocenters. The number of hydrogen-bond acceptors (Lipinski definition) is 2. The molecule has 0 aliphatic rings. The molecule has 4 heteroatoms. The molecule has 0 bridgehead atoms. The molecule has 0 saturated carbocycles. The van der Waals surface area contributed by atoms with Gasteiger partial charge in [-0.2, -0.15) is 0 Å². The number of thiophene rings is 1. The lowest BCUT2D eigenvalue weighted by molar-refractivity contribution is 0.432. The highest BCUT2D eigenvalue weighted by Gasteiger charge is 2.23. The second kappa shape index (κ2) is 6.02. The lowest BCUT2D eigenvalue weighted by Crippen LogP contribution is -2.34. The van der Waals surface area contributed by atoms with E-state index in [1.807, 2.05) is 13.0 Å². The summed E-state index contributed by atoms with van der Waals surface area (Å²) in [7, 11) is 0. The molecule has 0 fully saturated rings. The third-order valence-electron chi connectivity index (χ3n) is 3.47. The molecule has 1 aromatic carbocycles. The first-order valence-corrected chi connectivity index (χ1v) is 7.50. The van der Waals surface area contributed by atoms with E-state index in [1.54, 1.807) is 11.3 Å². The predicted molar refractivity (Wildman–Crippen MR) is 80.1 cm³/mol. The Bertz CT molecular complexity index is 564. The Morgan fingerprint density at radius 1 is 1.25 bits per heavy atom. The van der Waals surface area contributed by atoms with Crippen LogP contribution < -0.4 is 5.32 Å². The van der Waals surface area contributed by atoms with Gasteiger partial charge in [-0.1, -0.05) is 26.0 Å². The van der Waals surface area contributed by atoms with Gasteiger partial charge < -0.3 is 5.32 Å². The number of nitrogens with one attached hydrogen (secondary N) is 1. The van der Waals surface area contributed by atoms with E-state index in [0.29, 0.717) is 5.56 Å². The van der Waals surface area contributed by atoms with Gasteiger partial charge in [0.15, 0.2) is 0 Å². The monoisotopic (exact) mass is 295 g/mol. The molecule has 1 aromatic heterocycles. The molecule has 0 spiro atoms. The lowest BCUT2D eigenvalue weighted by Gasteiger charge is -2.26. The van der Waals surface area contributed by atoms with Crippen LogP contribution in [0.5, 0.6) is 0 Å². The van der Waals surface area contributed by atoms with E-state index in [4.69, 9.17) is 0 Å². The smallest absolute Gasteiger partial charge is 0.130 e. The van der Waals surface area contributed by atoms with Crippen LogP contribution in [0.4, 0.5) is 8.78 Å². The highest BCUT2D eigenvalue weighted by atomic mass is 32.1. The zero-order valence-corrected chi connectivity index (χ0v) is 12.7. The molecule has 2 aromatic rings.